The largest absolute Gasteiger partial charge is 0.331 e. The summed E-state index contributed by atoms with van der Waals surface area (Å²) in [6, 6.07) is 8.49. The van der Waals surface area contributed by atoms with Crippen LogP contribution in [-0.4, -0.2) is 32.4 Å². The van der Waals surface area contributed by atoms with Crippen molar-refractivity contribution in [1.29, 1.82) is 0 Å². The van der Waals surface area contributed by atoms with E-state index in [4.69, 9.17) is 0 Å². The lowest BCUT2D eigenvalue weighted by Crippen LogP contribution is -2.45. The molecule has 0 bridgehead atoms. The summed E-state index contributed by atoms with van der Waals surface area (Å²) in [4.78, 5) is 13.8. The van der Waals surface area contributed by atoms with Gasteiger partial charge in [0.05, 0.1) is 5.41 Å². The smallest absolute Gasteiger partial charge is 0.323 e. The first kappa shape index (κ1) is 19.2. The summed E-state index contributed by atoms with van der Waals surface area (Å²) < 4.78 is 26.2. The number of hydrogen-bond donors (Lipinski definition) is 1. The maximum Gasteiger partial charge on any atom is 0.331 e. The zero-order chi connectivity index (χ0) is 17.5. The molecule has 0 unspecified atom stereocenters. The Kier molecular flexibility index (Phi) is 7.29. The number of sulfonamides is 1. The number of rotatable bonds is 7. The predicted octanol–water partition coefficient (Wildman–Crippen LogP) is 3.31. The van der Waals surface area contributed by atoms with Gasteiger partial charge >= 0.3 is 6.03 Å². The Hall–Kier alpha value is -1.82. The van der Waals surface area contributed by atoms with Crippen LogP contribution >= 0.6 is 0 Å². The van der Waals surface area contributed by atoms with Crippen LogP contribution in [-0.2, 0) is 10.0 Å². The van der Waals surface area contributed by atoms with Crippen molar-refractivity contribution in [2.75, 3.05) is 13.1 Å². The molecule has 0 heterocycles. The highest BCUT2D eigenvalue weighted by Crippen LogP contribution is 2.06. The molecule has 0 aliphatic rings. The standard InChI is InChI=1S/C17H26N2O3S/c1-14(2)12-19(13-15(3)4)17(20)18-23(21,22)11-10-16-8-6-5-7-9-16/h5-11,14-15H,12-13H2,1-4H3,(H,18,20). The van der Waals surface area contributed by atoms with Crippen molar-refractivity contribution in [3.63, 3.8) is 0 Å². The van der Waals surface area contributed by atoms with E-state index >= 15 is 0 Å². The lowest BCUT2D eigenvalue weighted by Gasteiger charge is -2.26. The van der Waals surface area contributed by atoms with E-state index in [2.05, 4.69) is 4.72 Å². The normalized spacial score (nSPS) is 12.1. The molecule has 0 aromatic heterocycles. The van der Waals surface area contributed by atoms with Crippen molar-refractivity contribution in [3.8, 4) is 0 Å². The number of hydrogen-bond acceptors (Lipinski definition) is 3. The van der Waals surface area contributed by atoms with Gasteiger partial charge in [0, 0.05) is 13.1 Å². The minimum absolute atomic E-state index is 0.266. The molecule has 128 valence electrons. The van der Waals surface area contributed by atoms with Crippen LogP contribution in [0.4, 0.5) is 4.79 Å². The summed E-state index contributed by atoms with van der Waals surface area (Å²) in [5.74, 6) is 0.532. The molecule has 0 aliphatic carbocycles. The minimum Gasteiger partial charge on any atom is -0.323 e. The highest BCUT2D eigenvalue weighted by molar-refractivity contribution is 7.93. The van der Waals surface area contributed by atoms with Crippen molar-refractivity contribution in [2.24, 2.45) is 11.8 Å². The lowest BCUT2D eigenvalue weighted by molar-refractivity contribution is 0.189. The van der Waals surface area contributed by atoms with Crippen molar-refractivity contribution in [3.05, 3.63) is 41.3 Å². The zero-order valence-electron chi connectivity index (χ0n) is 14.2. The van der Waals surface area contributed by atoms with Crippen molar-refractivity contribution >= 4 is 22.1 Å². The van der Waals surface area contributed by atoms with Crippen LogP contribution in [0.25, 0.3) is 6.08 Å². The molecule has 5 nitrogen and oxygen atoms in total. The summed E-state index contributed by atoms with van der Waals surface area (Å²) in [6.07, 6.45) is 1.46. The van der Waals surface area contributed by atoms with Crippen molar-refractivity contribution in [2.45, 2.75) is 27.7 Å². The second-order valence-corrected chi connectivity index (χ2v) is 7.92. The summed E-state index contributed by atoms with van der Waals surface area (Å²) in [7, 11) is -3.82. The van der Waals surface area contributed by atoms with E-state index < -0.39 is 16.1 Å². The first-order valence-electron chi connectivity index (χ1n) is 7.74. The number of carbonyl (C=O) groups is 1. The van der Waals surface area contributed by atoms with Gasteiger partial charge in [0.1, 0.15) is 0 Å². The third kappa shape index (κ3) is 7.83. The second-order valence-electron chi connectivity index (χ2n) is 6.36. The maximum absolute atomic E-state index is 12.2. The summed E-state index contributed by atoms with van der Waals surface area (Å²) in [5.41, 5.74) is 0.756. The minimum atomic E-state index is -3.82. The van der Waals surface area contributed by atoms with Gasteiger partial charge in [0.15, 0.2) is 0 Å². The molecule has 1 N–H and O–H groups in total. The molecular weight excluding hydrogens is 312 g/mol. The van der Waals surface area contributed by atoms with Crippen molar-refractivity contribution < 1.29 is 13.2 Å². The fraction of sp³-hybridized carbons (Fsp3) is 0.471. The van der Waals surface area contributed by atoms with E-state index in [1.165, 1.54) is 6.08 Å². The average Bonchev–Trinajstić information content (AvgIpc) is 2.44. The lowest BCUT2D eigenvalue weighted by atomic mass is 10.1. The van der Waals surface area contributed by atoms with E-state index in [0.29, 0.717) is 13.1 Å². The molecule has 0 saturated carbocycles. The van der Waals surface area contributed by atoms with Gasteiger partial charge in [0.2, 0.25) is 0 Å². The van der Waals surface area contributed by atoms with Crippen LogP contribution in [0.1, 0.15) is 33.3 Å². The fourth-order valence-electron chi connectivity index (χ4n) is 2.07. The number of nitrogens with zero attached hydrogens (tertiary/aromatic N) is 1. The topological polar surface area (TPSA) is 66.5 Å². The number of carbonyl (C=O) groups excluding carboxylic acids is 1. The molecule has 0 radical (unpaired) electrons. The molecule has 1 rings (SSSR count). The van der Waals surface area contributed by atoms with Gasteiger partial charge in [-0.05, 0) is 23.5 Å². The van der Waals surface area contributed by atoms with Crippen LogP contribution in [0.5, 0.6) is 0 Å². The summed E-state index contributed by atoms with van der Waals surface area (Å²) in [5, 5.41) is 1.02. The van der Waals surface area contributed by atoms with Gasteiger partial charge in [-0.15, -0.1) is 0 Å². The van der Waals surface area contributed by atoms with Gasteiger partial charge in [-0.2, -0.15) is 0 Å². The Labute approximate surface area is 139 Å². The van der Waals surface area contributed by atoms with E-state index in [9.17, 15) is 13.2 Å². The average molecular weight is 338 g/mol. The van der Waals surface area contributed by atoms with Crippen LogP contribution in [0.2, 0.25) is 0 Å². The van der Waals surface area contributed by atoms with E-state index in [1.807, 2.05) is 45.9 Å². The van der Waals surface area contributed by atoms with Crippen LogP contribution in [0.15, 0.2) is 35.7 Å². The number of urea groups is 1. The van der Waals surface area contributed by atoms with Crippen molar-refractivity contribution in [1.82, 2.24) is 9.62 Å². The van der Waals surface area contributed by atoms with Gasteiger partial charge in [-0.3, -0.25) is 0 Å². The molecule has 1 aromatic carbocycles. The van der Waals surface area contributed by atoms with E-state index in [1.54, 1.807) is 17.0 Å². The highest BCUT2D eigenvalue weighted by atomic mass is 32.2. The quantitative estimate of drug-likeness (QED) is 0.829. The number of nitrogens with one attached hydrogen (secondary N) is 1. The Morgan fingerprint density at radius 1 is 1.09 bits per heavy atom. The van der Waals surface area contributed by atoms with Crippen LogP contribution in [0.3, 0.4) is 0 Å². The Morgan fingerprint density at radius 2 is 1.61 bits per heavy atom. The van der Waals surface area contributed by atoms with Gasteiger partial charge in [0.25, 0.3) is 10.0 Å². The van der Waals surface area contributed by atoms with E-state index in [-0.39, 0.29) is 11.8 Å². The molecular formula is C17H26N2O3S. The summed E-state index contributed by atoms with van der Waals surface area (Å²) in [6.45, 7) is 8.99. The van der Waals surface area contributed by atoms with Crippen LogP contribution < -0.4 is 4.72 Å². The summed E-state index contributed by atoms with van der Waals surface area (Å²) >= 11 is 0. The zero-order valence-corrected chi connectivity index (χ0v) is 15.0. The van der Waals surface area contributed by atoms with Gasteiger partial charge in [-0.25, -0.2) is 17.9 Å². The number of amides is 2. The molecule has 2 amide bonds. The third-order valence-corrected chi connectivity index (χ3v) is 3.88. The monoisotopic (exact) mass is 338 g/mol. The van der Waals surface area contributed by atoms with Crippen LogP contribution in [0, 0.1) is 11.8 Å². The second kappa shape index (κ2) is 8.72. The maximum atomic E-state index is 12.2. The first-order valence-corrected chi connectivity index (χ1v) is 9.29. The Bertz CT molecular complexity index is 612. The molecule has 0 fully saturated rings. The van der Waals surface area contributed by atoms with E-state index in [0.717, 1.165) is 11.0 Å². The SMILES string of the molecule is CC(C)CN(CC(C)C)C(=O)NS(=O)(=O)C=Cc1ccccc1. The molecule has 0 aliphatic heterocycles. The number of benzene rings is 1. The predicted molar refractivity (Wildman–Crippen MR) is 94.2 cm³/mol. The Morgan fingerprint density at radius 3 is 2.09 bits per heavy atom. The third-order valence-electron chi connectivity index (χ3n) is 2.93. The molecule has 0 saturated heterocycles. The highest BCUT2D eigenvalue weighted by Gasteiger charge is 2.20. The Balaban J connectivity index is 2.77. The van der Waals surface area contributed by atoms with Gasteiger partial charge in [-0.1, -0.05) is 58.0 Å². The fourth-order valence-corrected chi connectivity index (χ4v) is 2.85. The molecule has 23 heavy (non-hydrogen) atoms. The molecule has 6 heteroatoms. The molecule has 1 aromatic rings. The first-order chi connectivity index (χ1) is 10.7. The van der Waals surface area contributed by atoms with Gasteiger partial charge < -0.3 is 4.90 Å². The molecule has 0 atom stereocenters. The molecule has 0 spiro atoms.